The van der Waals surface area contributed by atoms with Gasteiger partial charge in [0.05, 0.1) is 17.9 Å². The minimum Gasteiger partial charge on any atom is -0.490 e. The molecule has 0 amide bonds. The predicted molar refractivity (Wildman–Crippen MR) is 105 cm³/mol. The number of aryl methyl sites for hydroxylation is 1. The molecule has 5 nitrogen and oxygen atoms in total. The molecule has 3 heterocycles. The van der Waals surface area contributed by atoms with Crippen LogP contribution in [-0.2, 0) is 4.74 Å². The van der Waals surface area contributed by atoms with Crippen molar-refractivity contribution in [1.29, 1.82) is 0 Å². The first-order valence-corrected chi connectivity index (χ1v) is 9.53. The smallest absolute Gasteiger partial charge is 0.144 e. The molecule has 5 rings (SSSR count). The van der Waals surface area contributed by atoms with Crippen molar-refractivity contribution in [3.05, 3.63) is 42.0 Å². The van der Waals surface area contributed by atoms with E-state index in [1.807, 2.05) is 0 Å². The van der Waals surface area contributed by atoms with Gasteiger partial charge in [0.2, 0.25) is 0 Å². The quantitative estimate of drug-likeness (QED) is 0.878. The van der Waals surface area contributed by atoms with Gasteiger partial charge in [0.1, 0.15) is 12.4 Å². The van der Waals surface area contributed by atoms with E-state index in [0.29, 0.717) is 18.8 Å². The number of nitrogens with zero attached hydrogens (tertiary/aromatic N) is 1. The molecule has 0 aromatic heterocycles. The summed E-state index contributed by atoms with van der Waals surface area (Å²) in [7, 11) is 0. The fourth-order valence-corrected chi connectivity index (χ4v) is 4.28. The molecule has 136 valence electrons. The normalized spacial score (nSPS) is 23.8. The lowest BCUT2D eigenvalue weighted by Gasteiger charge is -2.35. The van der Waals surface area contributed by atoms with Crippen molar-refractivity contribution in [1.82, 2.24) is 0 Å². The van der Waals surface area contributed by atoms with Gasteiger partial charge in [-0.1, -0.05) is 0 Å². The number of benzene rings is 2. The number of anilines is 4. The third-order valence-electron chi connectivity index (χ3n) is 5.53. The summed E-state index contributed by atoms with van der Waals surface area (Å²) in [6.45, 7) is 5.80. The summed E-state index contributed by atoms with van der Waals surface area (Å²) in [6.07, 6.45) is 3.23. The van der Waals surface area contributed by atoms with Gasteiger partial charge in [-0.05, 0) is 55.7 Å². The molecule has 3 aliphatic rings. The van der Waals surface area contributed by atoms with Gasteiger partial charge in [0.15, 0.2) is 0 Å². The average molecular weight is 351 g/mol. The van der Waals surface area contributed by atoms with Crippen molar-refractivity contribution in [3.8, 4) is 5.75 Å². The highest BCUT2D eigenvalue weighted by Crippen LogP contribution is 2.34. The van der Waals surface area contributed by atoms with Crippen LogP contribution >= 0.6 is 0 Å². The molecule has 2 saturated heterocycles. The summed E-state index contributed by atoms with van der Waals surface area (Å²) >= 11 is 0. The van der Waals surface area contributed by atoms with Crippen LogP contribution in [0.25, 0.3) is 0 Å². The van der Waals surface area contributed by atoms with E-state index in [0.717, 1.165) is 42.4 Å². The van der Waals surface area contributed by atoms with Gasteiger partial charge in [0.25, 0.3) is 0 Å². The van der Waals surface area contributed by atoms with E-state index in [1.54, 1.807) is 0 Å². The van der Waals surface area contributed by atoms with E-state index in [4.69, 9.17) is 9.47 Å². The van der Waals surface area contributed by atoms with Gasteiger partial charge in [-0.3, -0.25) is 0 Å². The summed E-state index contributed by atoms with van der Waals surface area (Å²) in [5, 5.41) is 6.85. The summed E-state index contributed by atoms with van der Waals surface area (Å²) in [6, 6.07) is 12.8. The Bertz CT molecular complexity index is 811. The number of hydrogen-bond acceptors (Lipinski definition) is 5. The van der Waals surface area contributed by atoms with Crippen LogP contribution in [0.5, 0.6) is 5.75 Å². The lowest BCUT2D eigenvalue weighted by atomic mass is 10.1. The van der Waals surface area contributed by atoms with Gasteiger partial charge in [0, 0.05) is 42.8 Å². The maximum atomic E-state index is 5.97. The van der Waals surface area contributed by atoms with E-state index in [9.17, 15) is 0 Å². The number of rotatable bonds is 3. The van der Waals surface area contributed by atoms with Crippen molar-refractivity contribution in [2.45, 2.75) is 32.0 Å². The van der Waals surface area contributed by atoms with Crippen LogP contribution in [-0.4, -0.2) is 38.4 Å². The highest BCUT2D eigenvalue weighted by atomic mass is 16.5. The fourth-order valence-electron chi connectivity index (χ4n) is 4.28. The maximum Gasteiger partial charge on any atom is 0.144 e. The molecule has 2 atom stereocenters. The Balaban J connectivity index is 1.33. The number of nitrogens with one attached hydrogen (secondary N) is 2. The van der Waals surface area contributed by atoms with Crippen LogP contribution in [0.4, 0.5) is 22.7 Å². The molecule has 0 saturated carbocycles. The van der Waals surface area contributed by atoms with Crippen molar-refractivity contribution in [2.24, 2.45) is 0 Å². The van der Waals surface area contributed by atoms with Crippen molar-refractivity contribution in [3.63, 3.8) is 0 Å². The number of hydrogen-bond donors (Lipinski definition) is 2. The van der Waals surface area contributed by atoms with Gasteiger partial charge < -0.3 is 25.0 Å². The van der Waals surface area contributed by atoms with Gasteiger partial charge in [-0.2, -0.15) is 0 Å². The Labute approximate surface area is 154 Å². The zero-order valence-corrected chi connectivity index (χ0v) is 15.1. The predicted octanol–water partition coefficient (Wildman–Crippen LogP) is 3.91. The van der Waals surface area contributed by atoms with Gasteiger partial charge in [-0.15, -0.1) is 0 Å². The molecule has 0 radical (unpaired) electrons. The Morgan fingerprint density at radius 2 is 1.81 bits per heavy atom. The standard InChI is InChI=1S/C21H25N3O2/c1-14-10-15(23-16-2-6-19-21(11-16)25-9-8-22-19)3-7-20(14)24-12-17-4-5-18(13-24)26-17/h2-3,6-7,10-11,17-18,22-23H,4-5,8-9,12-13H2,1H3. The topological polar surface area (TPSA) is 45.8 Å². The van der Waals surface area contributed by atoms with Crippen molar-refractivity contribution >= 4 is 22.7 Å². The van der Waals surface area contributed by atoms with Crippen LogP contribution in [0.15, 0.2) is 36.4 Å². The molecule has 3 aliphatic heterocycles. The minimum atomic E-state index is 0.412. The molecule has 2 N–H and O–H groups in total. The molecule has 2 unspecified atom stereocenters. The molecule has 5 heteroatoms. The first-order chi connectivity index (χ1) is 12.7. The SMILES string of the molecule is Cc1cc(Nc2ccc3c(c2)OCCN3)ccc1N1CC2CCC(C1)O2. The van der Waals surface area contributed by atoms with Crippen LogP contribution < -0.4 is 20.3 Å². The Morgan fingerprint density at radius 3 is 2.62 bits per heavy atom. The Morgan fingerprint density at radius 1 is 1.04 bits per heavy atom. The van der Waals surface area contributed by atoms with Gasteiger partial charge in [-0.25, -0.2) is 0 Å². The largest absolute Gasteiger partial charge is 0.490 e. The second-order valence-electron chi connectivity index (χ2n) is 7.47. The maximum absolute atomic E-state index is 5.97. The highest BCUT2D eigenvalue weighted by molar-refractivity contribution is 5.70. The van der Waals surface area contributed by atoms with Crippen molar-refractivity contribution in [2.75, 3.05) is 41.8 Å². The zero-order chi connectivity index (χ0) is 17.5. The lowest BCUT2D eigenvalue weighted by Crippen LogP contribution is -2.42. The first kappa shape index (κ1) is 15.8. The third-order valence-corrected chi connectivity index (χ3v) is 5.53. The average Bonchev–Trinajstić information content (AvgIpc) is 2.99. The fraction of sp³-hybridized carbons (Fsp3) is 0.429. The van der Waals surface area contributed by atoms with E-state index in [-0.39, 0.29) is 0 Å². The minimum absolute atomic E-state index is 0.412. The first-order valence-electron chi connectivity index (χ1n) is 9.53. The van der Waals surface area contributed by atoms with Crippen LogP contribution in [0.1, 0.15) is 18.4 Å². The Kier molecular flexibility index (Phi) is 3.89. The molecule has 26 heavy (non-hydrogen) atoms. The van der Waals surface area contributed by atoms with Crippen LogP contribution in [0.2, 0.25) is 0 Å². The molecule has 2 aromatic carbocycles. The molecule has 0 spiro atoms. The molecular weight excluding hydrogens is 326 g/mol. The summed E-state index contributed by atoms with van der Waals surface area (Å²) < 4.78 is 11.7. The number of ether oxygens (including phenoxy) is 2. The number of morpholine rings is 1. The zero-order valence-electron chi connectivity index (χ0n) is 15.1. The van der Waals surface area contributed by atoms with Crippen LogP contribution in [0, 0.1) is 6.92 Å². The van der Waals surface area contributed by atoms with E-state index < -0.39 is 0 Å². The molecule has 2 aromatic rings. The van der Waals surface area contributed by atoms with E-state index in [2.05, 4.69) is 58.9 Å². The van der Waals surface area contributed by atoms with E-state index >= 15 is 0 Å². The van der Waals surface area contributed by atoms with Gasteiger partial charge >= 0.3 is 0 Å². The van der Waals surface area contributed by atoms with Crippen molar-refractivity contribution < 1.29 is 9.47 Å². The second-order valence-corrected chi connectivity index (χ2v) is 7.47. The molecule has 0 aliphatic carbocycles. The monoisotopic (exact) mass is 351 g/mol. The summed E-state index contributed by atoms with van der Waals surface area (Å²) in [4.78, 5) is 2.49. The molecule has 2 bridgehead atoms. The molecule has 2 fully saturated rings. The van der Waals surface area contributed by atoms with E-state index in [1.165, 1.54) is 24.1 Å². The summed E-state index contributed by atoms with van der Waals surface area (Å²) in [5.41, 5.74) is 5.84. The molecular formula is C21H25N3O2. The second kappa shape index (κ2) is 6.40. The highest BCUT2D eigenvalue weighted by Gasteiger charge is 2.34. The Hall–Kier alpha value is -2.40. The summed E-state index contributed by atoms with van der Waals surface area (Å²) in [5.74, 6) is 0.915. The van der Waals surface area contributed by atoms with Crippen LogP contribution in [0.3, 0.4) is 0 Å². The third kappa shape index (κ3) is 2.97. The number of fused-ring (bicyclic) bond motifs is 3. The lowest BCUT2D eigenvalue weighted by molar-refractivity contribution is 0.0304.